The van der Waals surface area contributed by atoms with Crippen LogP contribution in [0.5, 0.6) is 5.75 Å². The number of benzene rings is 2. The van der Waals surface area contributed by atoms with E-state index in [1.165, 1.54) is 81.8 Å². The molecule has 0 radical (unpaired) electrons. The quantitative estimate of drug-likeness (QED) is 0.351. The summed E-state index contributed by atoms with van der Waals surface area (Å²) in [6, 6.07) is 17.8. The Hall–Kier alpha value is -2.46. The number of hydrogen-bond acceptors (Lipinski definition) is 1. The molecule has 0 spiro atoms. The van der Waals surface area contributed by atoms with Gasteiger partial charge in [0.1, 0.15) is 5.75 Å². The summed E-state index contributed by atoms with van der Waals surface area (Å²) in [5.74, 6) is 10.7. The highest BCUT2D eigenvalue weighted by Gasteiger charge is 2.22. The maximum absolute atomic E-state index is 5.58. The predicted molar refractivity (Wildman–Crippen MR) is 149 cm³/mol. The molecule has 0 aliphatic heterocycles. The van der Waals surface area contributed by atoms with Crippen LogP contribution in [0.3, 0.4) is 0 Å². The Balaban J connectivity index is 1.20. The van der Waals surface area contributed by atoms with Crippen LogP contribution in [0, 0.1) is 23.7 Å². The summed E-state index contributed by atoms with van der Waals surface area (Å²) >= 11 is 0. The fourth-order valence-corrected chi connectivity index (χ4v) is 6.07. The van der Waals surface area contributed by atoms with E-state index in [0.29, 0.717) is 11.8 Å². The first-order valence-corrected chi connectivity index (χ1v) is 14.3. The average molecular weight is 469 g/mol. The van der Waals surface area contributed by atoms with Crippen LogP contribution in [-0.2, 0) is 0 Å². The van der Waals surface area contributed by atoms with Crippen LogP contribution in [-0.4, -0.2) is 6.61 Å². The molecule has 35 heavy (non-hydrogen) atoms. The lowest BCUT2D eigenvalue weighted by Gasteiger charge is -2.28. The number of rotatable bonds is 8. The Morgan fingerprint density at radius 3 is 1.97 bits per heavy atom. The van der Waals surface area contributed by atoms with Crippen LogP contribution in [0.25, 0.3) is 0 Å². The largest absolute Gasteiger partial charge is 0.494 e. The van der Waals surface area contributed by atoms with Gasteiger partial charge in [-0.1, -0.05) is 68.4 Å². The van der Waals surface area contributed by atoms with Crippen LogP contribution in [0.15, 0.2) is 60.7 Å². The van der Waals surface area contributed by atoms with Crippen molar-refractivity contribution in [1.82, 2.24) is 0 Å². The molecule has 0 amide bonds. The highest BCUT2D eigenvalue weighted by Crippen LogP contribution is 2.38. The zero-order valence-electron chi connectivity index (χ0n) is 22.0. The average Bonchev–Trinajstić information content (AvgIpc) is 2.92. The highest BCUT2D eigenvalue weighted by molar-refractivity contribution is 5.39. The van der Waals surface area contributed by atoms with Crippen LogP contribution in [0.2, 0.25) is 0 Å². The molecule has 0 aromatic heterocycles. The Morgan fingerprint density at radius 2 is 1.37 bits per heavy atom. The van der Waals surface area contributed by atoms with Crippen molar-refractivity contribution in [3.63, 3.8) is 0 Å². The molecule has 2 aliphatic rings. The third-order valence-corrected chi connectivity index (χ3v) is 8.30. The summed E-state index contributed by atoms with van der Waals surface area (Å²) in [4.78, 5) is 0. The van der Waals surface area contributed by atoms with Crippen molar-refractivity contribution in [2.24, 2.45) is 11.8 Å². The minimum absolute atomic E-state index is 0.665. The van der Waals surface area contributed by atoms with E-state index in [-0.39, 0.29) is 0 Å². The van der Waals surface area contributed by atoms with Gasteiger partial charge in [0.05, 0.1) is 6.61 Å². The molecule has 0 heterocycles. The molecule has 1 nitrogen and oxygen atoms in total. The zero-order chi connectivity index (χ0) is 24.3. The van der Waals surface area contributed by atoms with E-state index in [2.05, 4.69) is 79.4 Å². The van der Waals surface area contributed by atoms with Crippen molar-refractivity contribution < 1.29 is 4.74 Å². The maximum atomic E-state index is 5.58. The predicted octanol–water partition coefficient (Wildman–Crippen LogP) is 9.43. The summed E-state index contributed by atoms with van der Waals surface area (Å²) < 4.78 is 5.58. The Kier molecular flexibility index (Phi) is 9.94. The summed E-state index contributed by atoms with van der Waals surface area (Å²) in [5.41, 5.74) is 4.11. The van der Waals surface area contributed by atoms with E-state index in [0.717, 1.165) is 29.8 Å². The van der Waals surface area contributed by atoms with Crippen molar-refractivity contribution in [2.75, 3.05) is 6.61 Å². The normalized spacial score (nSPS) is 24.6. The maximum Gasteiger partial charge on any atom is 0.119 e. The van der Waals surface area contributed by atoms with E-state index >= 15 is 0 Å². The van der Waals surface area contributed by atoms with Crippen molar-refractivity contribution >= 4 is 0 Å². The standard InChI is InChI=1S/C34H44O/c1-3-5-8-27-11-17-30(18-12-27)31-19-13-28(14-20-31)9-6-7-10-29-15-21-32(22-16-29)33-23-25-34(26-24-33)35-4-2/h7,10,13-14,19-20,23-27,29-30,32H,3-5,8,11-12,15-18,21-22H2,1-2H3/b10-7+/t27-,29-,30-,32-. The van der Waals surface area contributed by atoms with Crippen molar-refractivity contribution in [2.45, 2.75) is 96.3 Å². The molecule has 186 valence electrons. The van der Waals surface area contributed by atoms with Gasteiger partial charge in [-0.05, 0) is 123 Å². The topological polar surface area (TPSA) is 9.23 Å². The van der Waals surface area contributed by atoms with Gasteiger partial charge in [0.2, 0.25) is 0 Å². The third-order valence-electron chi connectivity index (χ3n) is 8.30. The highest BCUT2D eigenvalue weighted by atomic mass is 16.5. The molecule has 1 heteroatoms. The van der Waals surface area contributed by atoms with Crippen molar-refractivity contribution in [3.05, 3.63) is 77.4 Å². The third kappa shape index (κ3) is 7.76. The molecular weight excluding hydrogens is 424 g/mol. The summed E-state index contributed by atoms with van der Waals surface area (Å²) in [7, 11) is 0. The smallest absolute Gasteiger partial charge is 0.119 e. The van der Waals surface area contributed by atoms with Gasteiger partial charge in [-0.15, -0.1) is 0 Å². The molecule has 2 saturated carbocycles. The van der Waals surface area contributed by atoms with E-state index in [9.17, 15) is 0 Å². The number of ether oxygens (including phenoxy) is 1. The van der Waals surface area contributed by atoms with E-state index in [1.807, 2.05) is 6.92 Å². The second kappa shape index (κ2) is 13.6. The fraction of sp³-hybridized carbons (Fsp3) is 0.529. The molecule has 0 bridgehead atoms. The number of hydrogen-bond donors (Lipinski definition) is 0. The molecule has 0 saturated heterocycles. The van der Waals surface area contributed by atoms with Crippen LogP contribution in [0.4, 0.5) is 0 Å². The second-order valence-corrected chi connectivity index (χ2v) is 10.7. The molecule has 0 unspecified atom stereocenters. The van der Waals surface area contributed by atoms with Gasteiger partial charge in [-0.25, -0.2) is 0 Å². The number of allylic oxidation sites excluding steroid dienone is 2. The fourth-order valence-electron chi connectivity index (χ4n) is 6.07. The molecule has 2 aromatic rings. The number of unbranched alkanes of at least 4 members (excludes halogenated alkanes) is 1. The molecular formula is C34H44O. The van der Waals surface area contributed by atoms with Gasteiger partial charge in [-0.3, -0.25) is 0 Å². The van der Waals surface area contributed by atoms with Crippen molar-refractivity contribution in [3.8, 4) is 17.6 Å². The van der Waals surface area contributed by atoms with Crippen LogP contribution >= 0.6 is 0 Å². The Morgan fingerprint density at radius 1 is 0.771 bits per heavy atom. The minimum atomic E-state index is 0.665. The van der Waals surface area contributed by atoms with E-state index in [1.54, 1.807) is 0 Å². The van der Waals surface area contributed by atoms with Gasteiger partial charge in [0.15, 0.2) is 0 Å². The van der Waals surface area contributed by atoms with E-state index < -0.39 is 0 Å². The summed E-state index contributed by atoms with van der Waals surface area (Å²) in [6.45, 7) is 5.07. The van der Waals surface area contributed by atoms with Crippen molar-refractivity contribution in [1.29, 1.82) is 0 Å². The lowest BCUT2D eigenvalue weighted by molar-refractivity contribution is 0.304. The summed E-state index contributed by atoms with van der Waals surface area (Å²) in [5, 5.41) is 0. The molecule has 4 rings (SSSR count). The van der Waals surface area contributed by atoms with Gasteiger partial charge < -0.3 is 4.74 Å². The molecule has 2 aliphatic carbocycles. The second-order valence-electron chi connectivity index (χ2n) is 10.7. The van der Waals surface area contributed by atoms with Gasteiger partial charge in [-0.2, -0.15) is 0 Å². The van der Waals surface area contributed by atoms with Gasteiger partial charge in [0, 0.05) is 5.56 Å². The van der Waals surface area contributed by atoms with E-state index in [4.69, 9.17) is 4.74 Å². The zero-order valence-corrected chi connectivity index (χ0v) is 22.0. The van der Waals surface area contributed by atoms with Gasteiger partial charge in [0.25, 0.3) is 0 Å². The first-order valence-electron chi connectivity index (χ1n) is 14.3. The lowest BCUT2D eigenvalue weighted by Crippen LogP contribution is -2.13. The Bertz CT molecular complexity index is 956. The Labute approximate surface area is 214 Å². The monoisotopic (exact) mass is 468 g/mol. The van der Waals surface area contributed by atoms with Gasteiger partial charge >= 0.3 is 0 Å². The van der Waals surface area contributed by atoms with Crippen LogP contribution in [0.1, 0.15) is 113 Å². The molecule has 0 N–H and O–H groups in total. The van der Waals surface area contributed by atoms with Crippen LogP contribution < -0.4 is 4.74 Å². The summed E-state index contributed by atoms with van der Waals surface area (Å²) in [6.07, 6.45) is 19.2. The lowest BCUT2D eigenvalue weighted by atomic mass is 9.77. The molecule has 2 fully saturated rings. The molecule has 0 atom stereocenters. The first-order chi connectivity index (χ1) is 17.2. The SMILES string of the molecule is CCCC[C@H]1CC[C@H](c2ccc(C#C/C=C/[C@H]3CC[C@H](c4ccc(OCC)cc4)CC3)cc2)CC1. The minimum Gasteiger partial charge on any atom is -0.494 e. The first kappa shape index (κ1) is 25.6. The molecule has 2 aromatic carbocycles.